The molecule has 0 aromatic heterocycles. The quantitative estimate of drug-likeness (QED) is 0.784. The average Bonchev–Trinajstić information content (AvgIpc) is 2.03. The van der Waals surface area contributed by atoms with Gasteiger partial charge < -0.3 is 0 Å². The third-order valence-corrected chi connectivity index (χ3v) is 1.59. The van der Waals surface area contributed by atoms with Gasteiger partial charge in [-0.3, -0.25) is 0 Å². The Hall–Kier alpha value is -0.482. The first-order valence-corrected chi connectivity index (χ1v) is 4.36. The van der Waals surface area contributed by atoms with E-state index in [0.717, 1.165) is 0 Å². The number of allylic oxidation sites excluding steroid dienone is 1. The van der Waals surface area contributed by atoms with E-state index in [4.69, 9.17) is 0 Å². The van der Waals surface area contributed by atoms with Gasteiger partial charge in [0.2, 0.25) is 0 Å². The maximum atomic E-state index is 2.19. The van der Waals surface area contributed by atoms with Crippen LogP contribution in [0.1, 0.15) is 5.56 Å². The Kier molecular flexibility index (Phi) is 3.32. The van der Waals surface area contributed by atoms with Crippen molar-refractivity contribution >= 4 is 10.5 Å². The van der Waals surface area contributed by atoms with Crippen LogP contribution in [0.5, 0.6) is 0 Å². The summed E-state index contributed by atoms with van der Waals surface area (Å²) in [7, 11) is 0. The van der Waals surface area contributed by atoms with E-state index in [9.17, 15) is 0 Å². The number of rotatable bonds is 2. The molecule has 0 saturated carbocycles. The fourth-order valence-corrected chi connectivity index (χ4v) is 0.924. The van der Waals surface area contributed by atoms with E-state index >= 15 is 0 Å². The molecule has 0 nitrogen and oxygen atoms in total. The van der Waals surface area contributed by atoms with Gasteiger partial charge in [0.25, 0.3) is 0 Å². The Morgan fingerprint density at radius 1 is 1.10 bits per heavy atom. The molecule has 0 fully saturated rings. The zero-order chi connectivity index (χ0) is 7.23. The van der Waals surface area contributed by atoms with E-state index < -0.39 is 0 Å². The molecule has 0 N–H and O–H groups in total. The van der Waals surface area contributed by atoms with Crippen molar-refractivity contribution in [3.05, 3.63) is 42.0 Å². The molecule has 0 aliphatic carbocycles. The van der Waals surface area contributed by atoms with Crippen LogP contribution in [0.4, 0.5) is 0 Å². The molecule has 1 heteroatoms. The van der Waals surface area contributed by atoms with E-state index in [-0.39, 0.29) is 0 Å². The maximum absolute atomic E-state index is 2.19. The molecule has 54 valence electrons. The minimum absolute atomic E-state index is 1.25. The van der Waals surface area contributed by atoms with Crippen molar-refractivity contribution in [2.45, 2.75) is 0 Å². The summed E-state index contributed by atoms with van der Waals surface area (Å²) in [5.74, 6) is 0. The zero-order valence-corrected chi connectivity index (χ0v) is 7.71. The molecule has 0 aliphatic rings. The number of hydrogen-bond donors (Lipinski definition) is 0. The van der Waals surface area contributed by atoms with E-state index in [0.29, 0.717) is 0 Å². The Labute approximate surface area is 72.0 Å². The fourth-order valence-electron chi connectivity index (χ4n) is 0.706. The first kappa shape index (κ1) is 7.62. The van der Waals surface area contributed by atoms with Crippen LogP contribution >= 0.6 is 0 Å². The van der Waals surface area contributed by atoms with E-state index in [1.165, 1.54) is 5.56 Å². The van der Waals surface area contributed by atoms with Gasteiger partial charge >= 0.3 is 71.8 Å². The summed E-state index contributed by atoms with van der Waals surface area (Å²) < 4.78 is 1.99. The topological polar surface area (TPSA) is 0 Å². The second-order valence-electron chi connectivity index (χ2n) is 1.88. The first-order valence-electron chi connectivity index (χ1n) is 3.05. The summed E-state index contributed by atoms with van der Waals surface area (Å²) in [6.07, 6.45) is 4.10. The Morgan fingerprint density at radius 3 is 2.40 bits per heavy atom. The van der Waals surface area contributed by atoms with Crippen LogP contribution in [-0.4, -0.2) is 4.40 Å². The van der Waals surface area contributed by atoms with E-state index in [1.807, 2.05) is 28.7 Å². The van der Waals surface area contributed by atoms with Gasteiger partial charge in [-0.05, 0) is 0 Å². The minimum atomic E-state index is 1.25. The normalized spacial score (nSPS) is 10.2. The predicted molar refractivity (Wildman–Crippen MR) is 41.5 cm³/mol. The Balaban J connectivity index is 2.76. The molecule has 0 heterocycles. The van der Waals surface area contributed by atoms with Gasteiger partial charge in [-0.15, -0.1) is 0 Å². The van der Waals surface area contributed by atoms with Crippen molar-refractivity contribution in [3.8, 4) is 0 Å². The summed E-state index contributed by atoms with van der Waals surface area (Å²) >= 11 is 2.19. The molecule has 0 aliphatic heterocycles. The Morgan fingerprint density at radius 2 is 1.80 bits per heavy atom. The second-order valence-corrected chi connectivity index (χ2v) is 2.63. The van der Waals surface area contributed by atoms with Gasteiger partial charge in [0.15, 0.2) is 0 Å². The van der Waals surface area contributed by atoms with Gasteiger partial charge in [0, 0.05) is 0 Å². The van der Waals surface area contributed by atoms with Crippen LogP contribution in [-0.2, 0) is 19.4 Å². The van der Waals surface area contributed by atoms with Crippen LogP contribution in [0, 0.1) is 0 Å². The fraction of sp³-hybridized carbons (Fsp3) is 0. The number of benzene rings is 1. The zero-order valence-electron chi connectivity index (χ0n) is 5.44. The van der Waals surface area contributed by atoms with Crippen molar-refractivity contribution in [2.24, 2.45) is 0 Å². The van der Waals surface area contributed by atoms with E-state index in [2.05, 4.69) is 37.6 Å². The molecular weight excluding hydrogens is 303 g/mol. The molecule has 1 rings (SSSR count). The number of hydrogen-bond acceptors (Lipinski definition) is 0. The standard InChI is InChI=1S/C9H8.Pt/c1-2-6-9-7-4-3-5-8-9;/h1-8H;/b6-2-;. The van der Waals surface area contributed by atoms with Gasteiger partial charge in [-0.1, -0.05) is 0 Å². The molecule has 0 saturated heterocycles. The SMILES string of the molecule is [Pt]=[CH]/C=C\c1ccccc1. The summed E-state index contributed by atoms with van der Waals surface area (Å²) in [5, 5.41) is 0. The summed E-state index contributed by atoms with van der Waals surface area (Å²) in [6, 6.07) is 10.2. The second kappa shape index (κ2) is 4.35. The van der Waals surface area contributed by atoms with Crippen LogP contribution in [0.3, 0.4) is 0 Å². The van der Waals surface area contributed by atoms with Crippen molar-refractivity contribution in [1.82, 2.24) is 0 Å². The molecule has 1 aromatic carbocycles. The van der Waals surface area contributed by atoms with Crippen molar-refractivity contribution in [2.75, 3.05) is 0 Å². The summed E-state index contributed by atoms with van der Waals surface area (Å²) in [6.45, 7) is 0. The Bertz CT molecular complexity index is 224. The molecule has 0 unspecified atom stereocenters. The first-order chi connectivity index (χ1) is 4.93. The molecule has 10 heavy (non-hydrogen) atoms. The molecule has 0 bridgehead atoms. The molecule has 0 amide bonds. The predicted octanol–water partition coefficient (Wildman–Crippen LogP) is 2.05. The van der Waals surface area contributed by atoms with Crippen LogP contribution in [0.15, 0.2) is 36.4 Å². The molecule has 0 spiro atoms. The summed E-state index contributed by atoms with van der Waals surface area (Å²) in [5.41, 5.74) is 1.25. The third kappa shape index (κ3) is 2.41. The molecule has 0 radical (unpaired) electrons. The van der Waals surface area contributed by atoms with Gasteiger partial charge in [0.05, 0.1) is 0 Å². The van der Waals surface area contributed by atoms with Gasteiger partial charge in [-0.2, -0.15) is 0 Å². The van der Waals surface area contributed by atoms with Gasteiger partial charge in [0.1, 0.15) is 0 Å². The van der Waals surface area contributed by atoms with Gasteiger partial charge in [-0.25, -0.2) is 0 Å². The van der Waals surface area contributed by atoms with Crippen LogP contribution in [0.25, 0.3) is 6.08 Å². The molecule has 1 aromatic rings. The molecule has 0 atom stereocenters. The van der Waals surface area contributed by atoms with Crippen molar-refractivity contribution in [3.63, 3.8) is 0 Å². The van der Waals surface area contributed by atoms with Crippen LogP contribution in [0.2, 0.25) is 0 Å². The average molecular weight is 311 g/mol. The third-order valence-electron chi connectivity index (χ3n) is 1.15. The monoisotopic (exact) mass is 311 g/mol. The molecular formula is C9H8Pt. The summed E-state index contributed by atoms with van der Waals surface area (Å²) in [4.78, 5) is 0. The van der Waals surface area contributed by atoms with E-state index in [1.54, 1.807) is 0 Å². The van der Waals surface area contributed by atoms with Crippen molar-refractivity contribution < 1.29 is 19.4 Å². The van der Waals surface area contributed by atoms with Crippen LogP contribution < -0.4 is 0 Å². The van der Waals surface area contributed by atoms with Crippen molar-refractivity contribution in [1.29, 1.82) is 0 Å².